The molecule has 0 bridgehead atoms. The molecule has 8 rings (SSSR count). The first-order valence-electron chi connectivity index (χ1n) is 16.9. The summed E-state index contributed by atoms with van der Waals surface area (Å²) >= 11 is 0. The van der Waals surface area contributed by atoms with Gasteiger partial charge in [-0.2, -0.15) is 0 Å². The number of carbonyl (C=O) groups excluding carboxylic acids is 4. The molecule has 5 aliphatic heterocycles. The summed E-state index contributed by atoms with van der Waals surface area (Å²) in [6.07, 6.45) is 0.169. The van der Waals surface area contributed by atoms with Gasteiger partial charge < -0.3 is 38.3 Å². The molecule has 3 aliphatic carbocycles. The Morgan fingerprint density at radius 2 is 1.79 bits per heavy atom. The van der Waals surface area contributed by atoms with Crippen LogP contribution in [0.4, 0.5) is 0 Å². The molecule has 47 heavy (non-hydrogen) atoms. The highest BCUT2D eigenvalue weighted by molar-refractivity contribution is 5.90. The van der Waals surface area contributed by atoms with E-state index in [2.05, 4.69) is 6.92 Å². The molecule has 0 aromatic heterocycles. The number of fused-ring (bicyclic) bond motifs is 1. The molecule has 3 saturated carbocycles. The van der Waals surface area contributed by atoms with Crippen LogP contribution >= 0.6 is 0 Å². The molecule has 256 valence electrons. The molecule has 12 nitrogen and oxygen atoms in total. The second-order valence-electron chi connectivity index (χ2n) is 15.8. The van der Waals surface area contributed by atoms with E-state index in [1.807, 2.05) is 13.8 Å². The number of aliphatic hydroxyl groups is 1. The SMILES string of the molecule is CC=C(C)C(=O)O[C@@H]1C[C@H]2C(C)(C)O[C@@H]3CC(=O)O[C@@]32C[C@@]2(O)C[C@H](OC(C)=O)[C@]34O[C@H]([C@@H]5C=C(C)C(=O)O5)[C@@H](C)[C@H]3C[C@@H]3O[C@@]34[C@H]12. The van der Waals surface area contributed by atoms with Crippen LogP contribution < -0.4 is 0 Å². The molecule has 8 aliphatic rings. The van der Waals surface area contributed by atoms with Gasteiger partial charge in [-0.3, -0.25) is 9.59 Å². The van der Waals surface area contributed by atoms with Crippen molar-refractivity contribution in [2.75, 3.05) is 0 Å². The van der Waals surface area contributed by atoms with Crippen molar-refractivity contribution in [1.82, 2.24) is 0 Å². The fourth-order valence-corrected chi connectivity index (χ4v) is 11.3. The Hall–Kier alpha value is -2.80. The third kappa shape index (κ3) is 3.90. The minimum atomic E-state index is -1.69. The van der Waals surface area contributed by atoms with Gasteiger partial charge in [-0.05, 0) is 59.5 Å². The van der Waals surface area contributed by atoms with E-state index in [0.29, 0.717) is 17.6 Å². The van der Waals surface area contributed by atoms with Crippen molar-refractivity contribution < 1.29 is 57.4 Å². The van der Waals surface area contributed by atoms with Crippen molar-refractivity contribution in [1.29, 1.82) is 0 Å². The molecular formula is C35H44O12. The van der Waals surface area contributed by atoms with Gasteiger partial charge in [0, 0.05) is 42.7 Å². The van der Waals surface area contributed by atoms with E-state index in [-0.39, 0.29) is 43.6 Å². The number of ether oxygens (including phenoxy) is 7. The first-order chi connectivity index (χ1) is 22.0. The topological polar surface area (TPSA) is 156 Å². The number of esters is 4. The molecule has 0 aromatic rings. The number of carbonyl (C=O) groups is 4. The Morgan fingerprint density at radius 3 is 2.45 bits per heavy atom. The Kier molecular flexibility index (Phi) is 6.47. The van der Waals surface area contributed by atoms with Crippen molar-refractivity contribution in [3.8, 4) is 0 Å². The quantitative estimate of drug-likeness (QED) is 0.205. The standard InChI is InChI=1S/C35H44O12/c1-8-15(2)29(38)43-21-11-22-31(6,7)44-23-12-26(37)46-33(22,23)14-32(40)13-25(41-18(5)36)34-19(10-24-35(34,45-24)28(21)32)17(4)27(47-34)20-9-16(3)30(39)42-20/h8-9,17,19-25,27-28,40H,10-14H2,1-7H3/t17-,19+,20-,21+,22-,23+,24-,25-,27-,28+,32-,33+,34+,35+/m0/s1. The van der Waals surface area contributed by atoms with E-state index in [1.165, 1.54) is 6.92 Å². The van der Waals surface area contributed by atoms with Gasteiger partial charge in [-0.1, -0.05) is 13.0 Å². The first-order valence-corrected chi connectivity index (χ1v) is 16.9. The minimum absolute atomic E-state index is 0.0106. The van der Waals surface area contributed by atoms with Crippen LogP contribution in [-0.2, 0) is 52.3 Å². The van der Waals surface area contributed by atoms with Crippen LogP contribution in [0.1, 0.15) is 80.6 Å². The summed E-state index contributed by atoms with van der Waals surface area (Å²) in [7, 11) is 0. The van der Waals surface area contributed by atoms with Crippen molar-refractivity contribution in [2.24, 2.45) is 23.7 Å². The van der Waals surface area contributed by atoms with E-state index in [9.17, 15) is 24.3 Å². The van der Waals surface area contributed by atoms with Crippen LogP contribution in [0.5, 0.6) is 0 Å². The van der Waals surface area contributed by atoms with Gasteiger partial charge in [0.25, 0.3) is 0 Å². The number of allylic oxidation sites excluding steroid dienone is 1. The van der Waals surface area contributed by atoms with Crippen LogP contribution in [0, 0.1) is 23.7 Å². The Bertz CT molecular complexity index is 1530. The highest BCUT2D eigenvalue weighted by Crippen LogP contribution is 2.77. The summed E-state index contributed by atoms with van der Waals surface area (Å²) in [5.41, 5.74) is -5.18. The lowest BCUT2D eigenvalue weighted by atomic mass is 9.55. The molecule has 0 amide bonds. The number of rotatable bonds is 4. The second-order valence-corrected chi connectivity index (χ2v) is 15.8. The molecule has 14 atom stereocenters. The second kappa shape index (κ2) is 9.67. The lowest BCUT2D eigenvalue weighted by molar-refractivity contribution is -0.274. The maximum absolute atomic E-state index is 13.6. The monoisotopic (exact) mass is 656 g/mol. The van der Waals surface area contributed by atoms with Gasteiger partial charge in [0.15, 0.2) is 0 Å². The van der Waals surface area contributed by atoms with Crippen LogP contribution in [0.15, 0.2) is 23.3 Å². The maximum Gasteiger partial charge on any atom is 0.334 e. The van der Waals surface area contributed by atoms with Crippen LogP contribution in [0.25, 0.3) is 0 Å². The smallest absolute Gasteiger partial charge is 0.334 e. The van der Waals surface area contributed by atoms with E-state index in [4.69, 9.17) is 33.2 Å². The van der Waals surface area contributed by atoms with E-state index in [0.717, 1.165) is 0 Å². The fourth-order valence-electron chi connectivity index (χ4n) is 11.3. The Morgan fingerprint density at radius 1 is 1.04 bits per heavy atom. The zero-order chi connectivity index (χ0) is 33.6. The molecule has 5 heterocycles. The number of hydrogen-bond acceptors (Lipinski definition) is 12. The zero-order valence-electron chi connectivity index (χ0n) is 27.9. The van der Waals surface area contributed by atoms with E-state index < -0.39 is 94.2 Å². The molecule has 0 unspecified atom stereocenters. The summed E-state index contributed by atoms with van der Waals surface area (Å²) in [4.78, 5) is 51.7. The number of hydrogen-bond donors (Lipinski definition) is 1. The predicted molar refractivity (Wildman–Crippen MR) is 159 cm³/mol. The third-order valence-electron chi connectivity index (χ3n) is 13.1. The minimum Gasteiger partial charge on any atom is -0.459 e. The average molecular weight is 657 g/mol. The maximum atomic E-state index is 13.6. The van der Waals surface area contributed by atoms with Gasteiger partial charge in [0.05, 0.1) is 29.6 Å². The lowest BCUT2D eigenvalue weighted by Crippen LogP contribution is -2.73. The largest absolute Gasteiger partial charge is 0.459 e. The molecule has 0 radical (unpaired) electrons. The highest BCUT2D eigenvalue weighted by atomic mass is 16.7. The number of epoxide rings is 1. The van der Waals surface area contributed by atoms with Crippen LogP contribution in [0.2, 0.25) is 0 Å². The van der Waals surface area contributed by atoms with E-state index in [1.54, 1.807) is 32.9 Å². The normalized spacial score (nSPS) is 51.7. The fraction of sp³-hybridized carbons (Fsp3) is 0.771. The summed E-state index contributed by atoms with van der Waals surface area (Å²) in [6, 6.07) is 0. The summed E-state index contributed by atoms with van der Waals surface area (Å²) in [5.74, 6) is -3.45. The first kappa shape index (κ1) is 31.5. The van der Waals surface area contributed by atoms with Crippen LogP contribution in [0.3, 0.4) is 0 Å². The summed E-state index contributed by atoms with van der Waals surface area (Å²) < 4.78 is 44.8. The highest BCUT2D eigenvalue weighted by Gasteiger charge is 2.92. The van der Waals surface area contributed by atoms with E-state index >= 15 is 0 Å². The molecular weight excluding hydrogens is 612 g/mol. The molecule has 3 spiro atoms. The molecule has 4 saturated heterocycles. The van der Waals surface area contributed by atoms with Gasteiger partial charge in [0.1, 0.15) is 47.3 Å². The third-order valence-corrected chi connectivity index (χ3v) is 13.1. The summed E-state index contributed by atoms with van der Waals surface area (Å²) in [5, 5.41) is 13.2. The molecule has 1 N–H and O–H groups in total. The van der Waals surface area contributed by atoms with Gasteiger partial charge in [0.2, 0.25) is 0 Å². The van der Waals surface area contributed by atoms with Crippen LogP contribution in [-0.4, -0.2) is 93.6 Å². The summed E-state index contributed by atoms with van der Waals surface area (Å²) in [6.45, 7) is 12.4. The van der Waals surface area contributed by atoms with Crippen molar-refractivity contribution in [2.45, 2.75) is 145 Å². The Labute approximate surface area is 273 Å². The lowest BCUT2D eigenvalue weighted by Gasteiger charge is -2.56. The van der Waals surface area contributed by atoms with Crippen molar-refractivity contribution >= 4 is 23.9 Å². The molecule has 7 fully saturated rings. The van der Waals surface area contributed by atoms with Crippen molar-refractivity contribution in [3.05, 3.63) is 23.3 Å². The van der Waals surface area contributed by atoms with Gasteiger partial charge >= 0.3 is 23.9 Å². The molecule has 12 heteroatoms. The number of cyclic esters (lactones) is 1. The van der Waals surface area contributed by atoms with Gasteiger partial charge in [-0.25, -0.2) is 9.59 Å². The van der Waals surface area contributed by atoms with Crippen molar-refractivity contribution in [3.63, 3.8) is 0 Å². The zero-order valence-corrected chi connectivity index (χ0v) is 27.9. The Balaban J connectivity index is 1.29. The average Bonchev–Trinajstić information content (AvgIpc) is 3.13. The van der Waals surface area contributed by atoms with Gasteiger partial charge in [-0.15, -0.1) is 0 Å². The molecule has 0 aromatic carbocycles. The predicted octanol–water partition coefficient (Wildman–Crippen LogP) is 2.62.